The van der Waals surface area contributed by atoms with Crippen molar-refractivity contribution in [3.8, 4) is 0 Å². The molecule has 2 heterocycles. The predicted octanol–water partition coefficient (Wildman–Crippen LogP) is 3.88. The van der Waals surface area contributed by atoms with Gasteiger partial charge in [-0.05, 0) is 41.2 Å². The second kappa shape index (κ2) is 4.49. The fraction of sp³-hybridized carbons (Fsp3) is 0.364. The second-order valence-corrected chi connectivity index (χ2v) is 5.48. The Morgan fingerprint density at radius 1 is 1.53 bits per heavy atom. The molecule has 0 fully saturated rings. The molecule has 2 nitrogen and oxygen atoms in total. The molecular formula is C11H13BrN2S. The molecule has 2 aromatic rings. The largest absolute Gasteiger partial charge is 0.320 e. The van der Waals surface area contributed by atoms with Gasteiger partial charge in [-0.15, -0.1) is 11.3 Å². The maximum Gasteiger partial charge on any atom is 0.177 e. The molecule has 0 aliphatic carbocycles. The number of rotatable bonds is 3. The van der Waals surface area contributed by atoms with Gasteiger partial charge in [0.1, 0.15) is 0 Å². The number of imidazole rings is 1. The standard InChI is InChI=1S/C11H13BrN2S/c1-8(2)14-9(7-13-11(14)12)6-10-4-3-5-15-10/h3-5,7-8H,6H2,1-2H3. The smallest absolute Gasteiger partial charge is 0.177 e. The third-order valence-electron chi connectivity index (χ3n) is 2.28. The van der Waals surface area contributed by atoms with Crippen molar-refractivity contribution in [1.29, 1.82) is 0 Å². The van der Waals surface area contributed by atoms with E-state index in [9.17, 15) is 0 Å². The highest BCUT2D eigenvalue weighted by Crippen LogP contribution is 2.22. The Morgan fingerprint density at radius 2 is 2.33 bits per heavy atom. The van der Waals surface area contributed by atoms with E-state index >= 15 is 0 Å². The molecule has 0 aromatic carbocycles. The summed E-state index contributed by atoms with van der Waals surface area (Å²) < 4.78 is 3.14. The highest BCUT2D eigenvalue weighted by atomic mass is 79.9. The molecule has 0 unspecified atom stereocenters. The van der Waals surface area contributed by atoms with Crippen molar-refractivity contribution in [2.24, 2.45) is 0 Å². The minimum Gasteiger partial charge on any atom is -0.320 e. The Bertz CT molecular complexity index is 431. The third-order valence-corrected chi connectivity index (χ3v) is 3.74. The lowest BCUT2D eigenvalue weighted by Gasteiger charge is -2.12. The van der Waals surface area contributed by atoms with Gasteiger partial charge in [-0.1, -0.05) is 6.07 Å². The predicted molar refractivity (Wildman–Crippen MR) is 67.4 cm³/mol. The van der Waals surface area contributed by atoms with Gasteiger partial charge in [0.2, 0.25) is 0 Å². The van der Waals surface area contributed by atoms with Crippen molar-refractivity contribution in [1.82, 2.24) is 9.55 Å². The fourth-order valence-electron chi connectivity index (χ4n) is 1.64. The minimum absolute atomic E-state index is 0.442. The molecule has 2 aromatic heterocycles. The lowest BCUT2D eigenvalue weighted by molar-refractivity contribution is 0.567. The van der Waals surface area contributed by atoms with Crippen molar-refractivity contribution >= 4 is 27.3 Å². The molecule has 0 radical (unpaired) electrons. The average Bonchev–Trinajstić information content (AvgIpc) is 2.76. The van der Waals surface area contributed by atoms with Crippen molar-refractivity contribution in [2.45, 2.75) is 26.3 Å². The number of thiophene rings is 1. The maximum absolute atomic E-state index is 4.30. The van der Waals surface area contributed by atoms with Crippen LogP contribution in [0, 0.1) is 0 Å². The minimum atomic E-state index is 0.442. The van der Waals surface area contributed by atoms with Crippen LogP contribution in [0.1, 0.15) is 30.5 Å². The zero-order valence-corrected chi connectivity index (χ0v) is 11.2. The zero-order valence-electron chi connectivity index (χ0n) is 8.77. The van der Waals surface area contributed by atoms with Gasteiger partial charge < -0.3 is 4.57 Å². The van der Waals surface area contributed by atoms with Crippen LogP contribution in [0.2, 0.25) is 0 Å². The van der Waals surface area contributed by atoms with E-state index in [-0.39, 0.29) is 0 Å². The summed E-state index contributed by atoms with van der Waals surface area (Å²) in [6, 6.07) is 4.69. The number of halogens is 1. The molecule has 80 valence electrons. The van der Waals surface area contributed by atoms with Crippen LogP contribution in [0.5, 0.6) is 0 Å². The van der Waals surface area contributed by atoms with E-state index in [0.717, 1.165) is 11.2 Å². The van der Waals surface area contributed by atoms with Crippen LogP contribution in [0.4, 0.5) is 0 Å². The van der Waals surface area contributed by atoms with Crippen LogP contribution in [-0.4, -0.2) is 9.55 Å². The number of aromatic nitrogens is 2. The monoisotopic (exact) mass is 284 g/mol. The molecule has 0 amide bonds. The van der Waals surface area contributed by atoms with E-state index in [4.69, 9.17) is 0 Å². The van der Waals surface area contributed by atoms with Gasteiger partial charge in [0.15, 0.2) is 4.73 Å². The molecule has 15 heavy (non-hydrogen) atoms. The average molecular weight is 285 g/mol. The van der Waals surface area contributed by atoms with Gasteiger partial charge in [-0.25, -0.2) is 4.98 Å². The lowest BCUT2D eigenvalue weighted by Crippen LogP contribution is -2.05. The fourth-order valence-corrected chi connectivity index (χ4v) is 3.10. The van der Waals surface area contributed by atoms with E-state index in [2.05, 4.69) is 56.8 Å². The summed E-state index contributed by atoms with van der Waals surface area (Å²) >= 11 is 5.27. The normalized spacial score (nSPS) is 11.2. The van der Waals surface area contributed by atoms with Gasteiger partial charge in [-0.2, -0.15) is 0 Å². The Morgan fingerprint density at radius 3 is 2.93 bits per heavy atom. The van der Waals surface area contributed by atoms with Gasteiger partial charge in [0, 0.05) is 29.2 Å². The Labute approximate surface area is 102 Å². The first-order valence-electron chi connectivity index (χ1n) is 4.92. The van der Waals surface area contributed by atoms with Crippen molar-refractivity contribution in [3.05, 3.63) is 39.0 Å². The topological polar surface area (TPSA) is 17.8 Å². The van der Waals surface area contributed by atoms with Crippen LogP contribution in [0.3, 0.4) is 0 Å². The number of nitrogens with zero attached hydrogens (tertiary/aromatic N) is 2. The summed E-state index contributed by atoms with van der Waals surface area (Å²) in [7, 11) is 0. The highest BCUT2D eigenvalue weighted by Gasteiger charge is 2.11. The first-order valence-corrected chi connectivity index (χ1v) is 6.59. The molecule has 0 saturated heterocycles. The van der Waals surface area contributed by atoms with E-state index in [0.29, 0.717) is 6.04 Å². The Kier molecular flexibility index (Phi) is 3.26. The first kappa shape index (κ1) is 10.9. The lowest BCUT2D eigenvalue weighted by atomic mass is 10.2. The zero-order chi connectivity index (χ0) is 10.8. The van der Waals surface area contributed by atoms with Crippen LogP contribution in [-0.2, 0) is 6.42 Å². The summed E-state index contributed by atoms with van der Waals surface area (Å²) in [4.78, 5) is 5.68. The summed E-state index contributed by atoms with van der Waals surface area (Å²) in [5.41, 5.74) is 1.26. The quantitative estimate of drug-likeness (QED) is 0.836. The van der Waals surface area contributed by atoms with Gasteiger partial charge in [0.05, 0.1) is 0 Å². The molecule has 0 spiro atoms. The summed E-state index contributed by atoms with van der Waals surface area (Å²) in [6.07, 6.45) is 2.91. The number of hydrogen-bond donors (Lipinski definition) is 0. The molecule has 0 aliphatic rings. The van der Waals surface area contributed by atoms with Crippen molar-refractivity contribution < 1.29 is 0 Å². The SMILES string of the molecule is CC(C)n1c(Cc2cccs2)cnc1Br. The van der Waals surface area contributed by atoms with E-state index in [1.165, 1.54) is 10.6 Å². The van der Waals surface area contributed by atoms with Crippen LogP contribution < -0.4 is 0 Å². The highest BCUT2D eigenvalue weighted by molar-refractivity contribution is 9.10. The Hall–Kier alpha value is -0.610. The van der Waals surface area contributed by atoms with E-state index in [1.807, 2.05) is 6.20 Å². The second-order valence-electron chi connectivity index (χ2n) is 3.74. The maximum atomic E-state index is 4.30. The molecular weight excluding hydrogens is 272 g/mol. The Balaban J connectivity index is 2.29. The van der Waals surface area contributed by atoms with Crippen molar-refractivity contribution in [3.63, 3.8) is 0 Å². The summed E-state index contributed by atoms with van der Waals surface area (Å²) in [5, 5.41) is 2.11. The van der Waals surface area contributed by atoms with Crippen molar-refractivity contribution in [2.75, 3.05) is 0 Å². The summed E-state index contributed by atoms with van der Waals surface area (Å²) in [5.74, 6) is 0. The molecule has 0 aliphatic heterocycles. The number of hydrogen-bond acceptors (Lipinski definition) is 2. The van der Waals surface area contributed by atoms with E-state index in [1.54, 1.807) is 11.3 Å². The van der Waals surface area contributed by atoms with E-state index < -0.39 is 0 Å². The van der Waals surface area contributed by atoms with Crippen LogP contribution in [0.15, 0.2) is 28.4 Å². The molecule has 0 saturated carbocycles. The molecule has 4 heteroatoms. The summed E-state index contributed by atoms with van der Waals surface area (Å²) in [6.45, 7) is 4.34. The first-order chi connectivity index (χ1) is 7.18. The molecule has 0 atom stereocenters. The molecule has 0 bridgehead atoms. The van der Waals surface area contributed by atoms with Crippen LogP contribution >= 0.6 is 27.3 Å². The van der Waals surface area contributed by atoms with Gasteiger partial charge in [-0.3, -0.25) is 0 Å². The molecule has 0 N–H and O–H groups in total. The van der Waals surface area contributed by atoms with Gasteiger partial charge >= 0.3 is 0 Å². The van der Waals surface area contributed by atoms with Gasteiger partial charge in [0.25, 0.3) is 0 Å². The van der Waals surface area contributed by atoms with Crippen LogP contribution in [0.25, 0.3) is 0 Å². The molecule has 2 rings (SSSR count). The third kappa shape index (κ3) is 2.32.